The normalized spacial score (nSPS) is 24.9. The molecule has 0 unspecified atom stereocenters. The lowest BCUT2D eigenvalue weighted by atomic mass is 9.96. The fourth-order valence-electron chi connectivity index (χ4n) is 5.58. The van der Waals surface area contributed by atoms with E-state index in [0.717, 1.165) is 50.4 Å². The average molecular weight is 583 g/mol. The smallest absolute Gasteiger partial charge is 0.336 e. The molecule has 0 aromatic heterocycles. The lowest BCUT2D eigenvalue weighted by Gasteiger charge is -2.39. The Balaban J connectivity index is 1.47. The van der Waals surface area contributed by atoms with Crippen molar-refractivity contribution in [2.45, 2.75) is 24.2 Å². The van der Waals surface area contributed by atoms with Crippen molar-refractivity contribution in [1.29, 1.82) is 0 Å². The third-order valence-electron chi connectivity index (χ3n) is 8.02. The molecule has 3 aliphatic rings. The van der Waals surface area contributed by atoms with E-state index in [0.29, 0.717) is 63.5 Å². The van der Waals surface area contributed by atoms with E-state index in [4.69, 9.17) is 0 Å². The highest BCUT2D eigenvalue weighted by atomic mass is 16.4. The van der Waals surface area contributed by atoms with Gasteiger partial charge in [-0.2, -0.15) is 0 Å². The molecule has 2 bridgehead atoms. The van der Waals surface area contributed by atoms with Crippen molar-refractivity contribution in [3.05, 3.63) is 70.8 Å². The van der Waals surface area contributed by atoms with Gasteiger partial charge in [-0.3, -0.25) is 0 Å². The molecule has 0 spiro atoms. The van der Waals surface area contributed by atoms with Crippen LogP contribution in [-0.2, 0) is 13.1 Å². The second-order valence-electron chi connectivity index (χ2n) is 11.3. The first kappa shape index (κ1) is 32.0. The SMILES string of the molecule is O=C(O)c1ccccc1CNC12CNCCNCC(NCc3ccccc3C(=O)O)(CNCCNC1)CNCCNC2. The summed E-state index contributed by atoms with van der Waals surface area (Å²) in [6, 6.07) is 14.3. The summed E-state index contributed by atoms with van der Waals surface area (Å²) < 4.78 is 0. The Morgan fingerprint density at radius 1 is 0.548 bits per heavy atom. The number of carbonyl (C=O) groups is 2. The molecule has 3 fully saturated rings. The number of carboxylic acid groups (broad SMARTS) is 2. The van der Waals surface area contributed by atoms with Crippen LogP contribution in [0, 0.1) is 0 Å². The minimum atomic E-state index is -0.920. The van der Waals surface area contributed by atoms with Crippen molar-refractivity contribution in [2.75, 3.05) is 78.5 Å². The Kier molecular flexibility index (Phi) is 12.2. The maximum atomic E-state index is 11.8. The molecule has 12 heteroatoms. The van der Waals surface area contributed by atoms with E-state index >= 15 is 0 Å². The van der Waals surface area contributed by atoms with E-state index in [9.17, 15) is 19.8 Å². The molecule has 0 atom stereocenters. The molecule has 0 radical (unpaired) electrons. The van der Waals surface area contributed by atoms with Gasteiger partial charge in [-0.15, -0.1) is 0 Å². The van der Waals surface area contributed by atoms with Crippen molar-refractivity contribution in [3.63, 3.8) is 0 Å². The monoisotopic (exact) mass is 582 g/mol. The van der Waals surface area contributed by atoms with Gasteiger partial charge in [-0.25, -0.2) is 9.59 Å². The number of rotatable bonds is 8. The van der Waals surface area contributed by atoms with Gasteiger partial charge >= 0.3 is 11.9 Å². The quantitative estimate of drug-likeness (QED) is 0.185. The molecule has 230 valence electrons. The molecule has 0 aliphatic carbocycles. The number of hydrogen-bond acceptors (Lipinski definition) is 10. The molecule has 2 aromatic carbocycles. The molecule has 42 heavy (non-hydrogen) atoms. The number of fused-ring (bicyclic) bond motifs is 15. The van der Waals surface area contributed by atoms with Crippen molar-refractivity contribution < 1.29 is 19.8 Å². The zero-order chi connectivity index (χ0) is 29.7. The summed E-state index contributed by atoms with van der Waals surface area (Å²) in [4.78, 5) is 23.6. The predicted molar refractivity (Wildman–Crippen MR) is 163 cm³/mol. The van der Waals surface area contributed by atoms with Crippen LogP contribution in [-0.4, -0.2) is 112 Å². The molecule has 0 saturated carbocycles. The molecular weight excluding hydrogens is 536 g/mol. The third kappa shape index (κ3) is 9.28. The molecule has 12 nitrogen and oxygen atoms in total. The Hall–Kier alpha value is -2.94. The van der Waals surface area contributed by atoms with Crippen molar-refractivity contribution in [2.24, 2.45) is 0 Å². The highest BCUT2D eigenvalue weighted by Gasteiger charge is 2.32. The van der Waals surface area contributed by atoms with Crippen LogP contribution >= 0.6 is 0 Å². The first-order valence-corrected chi connectivity index (χ1v) is 14.8. The number of benzene rings is 2. The molecule has 0 amide bonds. The summed E-state index contributed by atoms with van der Waals surface area (Å²) in [7, 11) is 0. The first-order chi connectivity index (χ1) is 20.4. The number of carboxylic acids is 2. The van der Waals surface area contributed by atoms with E-state index in [1.807, 2.05) is 24.3 Å². The molecule has 5 rings (SSSR count). The van der Waals surface area contributed by atoms with Gasteiger partial charge in [0.1, 0.15) is 0 Å². The highest BCUT2D eigenvalue weighted by molar-refractivity contribution is 5.89. The first-order valence-electron chi connectivity index (χ1n) is 14.8. The summed E-state index contributed by atoms with van der Waals surface area (Å²) in [6.45, 7) is 9.61. The fourth-order valence-corrected chi connectivity index (χ4v) is 5.58. The molecule has 3 saturated heterocycles. The van der Waals surface area contributed by atoms with Crippen molar-refractivity contribution >= 4 is 11.9 Å². The Labute approximate surface area is 247 Å². The third-order valence-corrected chi connectivity index (χ3v) is 8.02. The standard InChI is InChI=1S/C30H46N8O4/c39-27(40)25-7-3-1-5-23(25)15-37-29-17-31-9-12-34-20-30(21-35-13-10-32-18-29,22-36-14-11-33-19-29)38-16-24-6-2-4-8-26(24)28(41)42/h1-8,31-38H,9-22H2,(H,39,40)(H,41,42). The molecule has 3 aliphatic heterocycles. The van der Waals surface area contributed by atoms with Crippen LogP contribution in [0.2, 0.25) is 0 Å². The number of hydrogen-bond donors (Lipinski definition) is 10. The van der Waals surface area contributed by atoms with Crippen LogP contribution in [0.4, 0.5) is 0 Å². The summed E-state index contributed by atoms with van der Waals surface area (Å²) in [5.41, 5.74) is 1.47. The molecule has 2 aromatic rings. The number of nitrogens with one attached hydrogen (secondary N) is 8. The van der Waals surface area contributed by atoms with E-state index in [1.54, 1.807) is 24.3 Å². The second-order valence-corrected chi connectivity index (χ2v) is 11.3. The van der Waals surface area contributed by atoms with E-state index in [2.05, 4.69) is 42.5 Å². The van der Waals surface area contributed by atoms with Crippen LogP contribution < -0.4 is 42.5 Å². The summed E-state index contributed by atoms with van der Waals surface area (Å²) in [5.74, 6) is -1.84. The zero-order valence-corrected chi connectivity index (χ0v) is 24.2. The number of aromatic carboxylic acids is 2. The van der Waals surface area contributed by atoms with Crippen LogP contribution in [0.1, 0.15) is 31.8 Å². The Bertz CT molecular complexity index is 1030. The zero-order valence-electron chi connectivity index (χ0n) is 24.2. The van der Waals surface area contributed by atoms with Gasteiger partial charge in [0.2, 0.25) is 0 Å². The van der Waals surface area contributed by atoms with Crippen LogP contribution in [0.3, 0.4) is 0 Å². The van der Waals surface area contributed by atoms with E-state index in [1.165, 1.54) is 0 Å². The topological polar surface area (TPSA) is 171 Å². The van der Waals surface area contributed by atoms with Gasteiger partial charge in [0.15, 0.2) is 0 Å². The summed E-state index contributed by atoms with van der Waals surface area (Å²) in [5, 5.41) is 48.4. The van der Waals surface area contributed by atoms with Gasteiger partial charge in [0, 0.05) is 91.6 Å². The maximum Gasteiger partial charge on any atom is 0.336 e. The Morgan fingerprint density at radius 2 is 0.833 bits per heavy atom. The van der Waals surface area contributed by atoms with Crippen LogP contribution in [0.15, 0.2) is 48.5 Å². The second kappa shape index (κ2) is 16.1. The predicted octanol–water partition coefficient (Wildman–Crippen LogP) is -0.995. The van der Waals surface area contributed by atoms with Gasteiger partial charge < -0.3 is 52.7 Å². The van der Waals surface area contributed by atoms with Crippen molar-refractivity contribution in [3.8, 4) is 0 Å². The van der Waals surface area contributed by atoms with Crippen LogP contribution in [0.25, 0.3) is 0 Å². The molecule has 10 N–H and O–H groups in total. The van der Waals surface area contributed by atoms with Crippen LogP contribution in [0.5, 0.6) is 0 Å². The minimum absolute atomic E-state index is 0.318. The van der Waals surface area contributed by atoms with Gasteiger partial charge in [0.05, 0.1) is 22.2 Å². The van der Waals surface area contributed by atoms with Gasteiger partial charge in [0.25, 0.3) is 0 Å². The van der Waals surface area contributed by atoms with E-state index < -0.39 is 11.9 Å². The highest BCUT2D eigenvalue weighted by Crippen LogP contribution is 2.13. The Morgan fingerprint density at radius 3 is 1.12 bits per heavy atom. The lowest BCUT2D eigenvalue weighted by Crippen LogP contribution is -2.66. The summed E-state index contributed by atoms with van der Waals surface area (Å²) in [6.07, 6.45) is 0. The van der Waals surface area contributed by atoms with Gasteiger partial charge in [-0.1, -0.05) is 36.4 Å². The summed E-state index contributed by atoms with van der Waals surface area (Å²) >= 11 is 0. The lowest BCUT2D eigenvalue weighted by molar-refractivity contribution is 0.0684. The average Bonchev–Trinajstić information content (AvgIpc) is 2.99. The van der Waals surface area contributed by atoms with Crippen molar-refractivity contribution in [1.82, 2.24) is 42.5 Å². The molecule has 3 heterocycles. The maximum absolute atomic E-state index is 11.8. The van der Waals surface area contributed by atoms with E-state index in [-0.39, 0.29) is 11.1 Å². The molecular formula is C30H46N8O4. The fraction of sp³-hybridized carbons (Fsp3) is 0.533. The van der Waals surface area contributed by atoms with Gasteiger partial charge in [-0.05, 0) is 23.3 Å². The minimum Gasteiger partial charge on any atom is -0.478 e. The largest absolute Gasteiger partial charge is 0.478 e.